The van der Waals surface area contributed by atoms with Crippen LogP contribution in [0.4, 0.5) is 0 Å². The van der Waals surface area contributed by atoms with E-state index in [1.807, 2.05) is 6.92 Å². The smallest absolute Gasteiger partial charge is 0.251 e. The number of piperidine rings is 1. The first-order valence-corrected chi connectivity index (χ1v) is 9.49. The molecule has 146 valence electrons. The molecule has 1 aromatic carbocycles. The number of aliphatic hydroxyl groups is 1. The fourth-order valence-electron chi connectivity index (χ4n) is 3.06. The Hall–Kier alpha value is -1.79. The monoisotopic (exact) mass is 364 g/mol. The summed E-state index contributed by atoms with van der Waals surface area (Å²) < 4.78 is 11.6. The molecule has 1 fully saturated rings. The van der Waals surface area contributed by atoms with Crippen molar-refractivity contribution in [2.24, 2.45) is 0 Å². The van der Waals surface area contributed by atoms with Crippen LogP contribution in [0.1, 0.15) is 50.4 Å². The van der Waals surface area contributed by atoms with Crippen molar-refractivity contribution in [3.8, 4) is 11.5 Å². The number of rotatable bonds is 8. The molecular weight excluding hydrogens is 332 g/mol. The average Bonchev–Trinajstić information content (AvgIpc) is 2.66. The Labute approximate surface area is 156 Å². The lowest BCUT2D eigenvalue weighted by Crippen LogP contribution is -2.41. The second-order valence-electron chi connectivity index (χ2n) is 7.08. The summed E-state index contributed by atoms with van der Waals surface area (Å²) in [4.78, 5) is 14.7. The Morgan fingerprint density at radius 2 is 2.00 bits per heavy atom. The zero-order valence-corrected chi connectivity index (χ0v) is 16.3. The zero-order valence-electron chi connectivity index (χ0n) is 16.3. The number of nitrogens with zero attached hydrogens (tertiary/aromatic N) is 1. The van der Waals surface area contributed by atoms with Gasteiger partial charge in [-0.3, -0.25) is 4.79 Å². The van der Waals surface area contributed by atoms with Gasteiger partial charge in [-0.2, -0.15) is 0 Å². The van der Waals surface area contributed by atoms with Gasteiger partial charge in [0.15, 0.2) is 11.5 Å². The Kier molecular flexibility index (Phi) is 7.72. The van der Waals surface area contributed by atoms with Gasteiger partial charge in [-0.05, 0) is 51.3 Å². The van der Waals surface area contributed by atoms with Crippen molar-refractivity contribution in [3.05, 3.63) is 23.8 Å². The fraction of sp³-hybridized carbons (Fsp3) is 0.650. The predicted octanol–water partition coefficient (Wildman–Crippen LogP) is 2.45. The minimum Gasteiger partial charge on any atom is -0.493 e. The molecule has 1 aliphatic rings. The number of hydrogen-bond acceptors (Lipinski definition) is 5. The van der Waals surface area contributed by atoms with Gasteiger partial charge in [-0.15, -0.1) is 0 Å². The maximum Gasteiger partial charge on any atom is 0.251 e. The SMILES string of the molecule is CCC(O)CNC(=O)c1ccc(OC)c(OC2CCN(C(C)C)CC2)c1. The molecule has 0 bridgehead atoms. The van der Waals surface area contributed by atoms with Crippen molar-refractivity contribution in [2.45, 2.75) is 58.3 Å². The number of aliphatic hydroxyl groups excluding tert-OH is 1. The van der Waals surface area contributed by atoms with Crippen LogP contribution in [0.5, 0.6) is 11.5 Å². The van der Waals surface area contributed by atoms with Crippen LogP contribution in [-0.4, -0.2) is 60.9 Å². The van der Waals surface area contributed by atoms with Crippen LogP contribution in [0, 0.1) is 0 Å². The van der Waals surface area contributed by atoms with Gasteiger partial charge in [-0.25, -0.2) is 0 Å². The van der Waals surface area contributed by atoms with E-state index in [1.165, 1.54) is 0 Å². The van der Waals surface area contributed by atoms with Crippen LogP contribution in [0.25, 0.3) is 0 Å². The van der Waals surface area contributed by atoms with E-state index < -0.39 is 6.10 Å². The lowest BCUT2D eigenvalue weighted by Gasteiger charge is -2.34. The minimum atomic E-state index is -0.529. The molecular formula is C20H32N2O4. The predicted molar refractivity (Wildman–Crippen MR) is 102 cm³/mol. The molecule has 0 saturated carbocycles. The Bertz CT molecular complexity index is 583. The van der Waals surface area contributed by atoms with Crippen molar-refractivity contribution in [1.82, 2.24) is 10.2 Å². The van der Waals surface area contributed by atoms with Gasteiger partial charge >= 0.3 is 0 Å². The molecule has 1 aliphatic heterocycles. The topological polar surface area (TPSA) is 71.0 Å². The number of methoxy groups -OCH3 is 1. The maximum absolute atomic E-state index is 12.3. The molecule has 2 N–H and O–H groups in total. The highest BCUT2D eigenvalue weighted by Crippen LogP contribution is 2.31. The fourth-order valence-corrected chi connectivity index (χ4v) is 3.06. The first-order chi connectivity index (χ1) is 12.4. The largest absolute Gasteiger partial charge is 0.493 e. The lowest BCUT2D eigenvalue weighted by molar-refractivity contribution is 0.0817. The summed E-state index contributed by atoms with van der Waals surface area (Å²) in [7, 11) is 1.60. The van der Waals surface area contributed by atoms with E-state index in [1.54, 1.807) is 25.3 Å². The summed E-state index contributed by atoms with van der Waals surface area (Å²) in [6, 6.07) is 5.74. The number of nitrogens with one attached hydrogen (secondary N) is 1. The highest BCUT2D eigenvalue weighted by molar-refractivity contribution is 5.94. The van der Waals surface area contributed by atoms with Gasteiger partial charge in [0.25, 0.3) is 5.91 Å². The molecule has 1 heterocycles. The van der Waals surface area contributed by atoms with Crippen molar-refractivity contribution in [1.29, 1.82) is 0 Å². The van der Waals surface area contributed by atoms with E-state index in [0.29, 0.717) is 29.5 Å². The van der Waals surface area contributed by atoms with E-state index in [9.17, 15) is 9.90 Å². The molecule has 0 radical (unpaired) electrons. The van der Waals surface area contributed by atoms with Gasteiger partial charge in [-0.1, -0.05) is 6.92 Å². The minimum absolute atomic E-state index is 0.124. The van der Waals surface area contributed by atoms with E-state index in [-0.39, 0.29) is 18.6 Å². The number of carbonyl (C=O) groups is 1. The number of amides is 1. The molecule has 1 amide bonds. The van der Waals surface area contributed by atoms with Crippen LogP contribution in [0.3, 0.4) is 0 Å². The van der Waals surface area contributed by atoms with Crippen LogP contribution in [0.15, 0.2) is 18.2 Å². The Balaban J connectivity index is 2.02. The van der Waals surface area contributed by atoms with Gasteiger partial charge in [0.2, 0.25) is 0 Å². The zero-order chi connectivity index (χ0) is 19.1. The number of ether oxygens (including phenoxy) is 2. The highest BCUT2D eigenvalue weighted by Gasteiger charge is 2.23. The molecule has 6 nitrogen and oxygen atoms in total. The molecule has 6 heteroatoms. The highest BCUT2D eigenvalue weighted by atomic mass is 16.5. The van der Waals surface area contributed by atoms with E-state index >= 15 is 0 Å². The van der Waals surface area contributed by atoms with Crippen molar-refractivity contribution < 1.29 is 19.4 Å². The first-order valence-electron chi connectivity index (χ1n) is 9.49. The number of likely N-dealkylation sites (tertiary alicyclic amines) is 1. The third kappa shape index (κ3) is 5.61. The molecule has 2 rings (SSSR count). The number of hydrogen-bond donors (Lipinski definition) is 2. The molecule has 0 aliphatic carbocycles. The van der Waals surface area contributed by atoms with Gasteiger partial charge in [0, 0.05) is 31.2 Å². The standard InChI is InChI=1S/C20H32N2O4/c1-5-16(23)13-21-20(24)15-6-7-18(25-4)19(12-15)26-17-8-10-22(11-9-17)14(2)3/h6-7,12,14,16-17,23H,5,8-11,13H2,1-4H3,(H,21,24). The molecule has 0 aromatic heterocycles. The Morgan fingerprint density at radius 3 is 2.58 bits per heavy atom. The second kappa shape index (κ2) is 9.78. The van der Waals surface area contributed by atoms with Gasteiger partial charge < -0.3 is 24.8 Å². The summed E-state index contributed by atoms with van der Waals surface area (Å²) in [6.45, 7) is 8.56. The summed E-state index contributed by atoms with van der Waals surface area (Å²) in [5, 5.41) is 12.3. The molecule has 1 saturated heterocycles. The number of carbonyl (C=O) groups excluding carboxylic acids is 1. The summed E-state index contributed by atoms with van der Waals surface area (Å²) in [6.07, 6.45) is 2.12. The summed E-state index contributed by atoms with van der Waals surface area (Å²) in [5.41, 5.74) is 0.503. The molecule has 1 unspecified atom stereocenters. The quantitative estimate of drug-likeness (QED) is 0.741. The maximum atomic E-state index is 12.3. The first kappa shape index (κ1) is 20.5. The molecule has 26 heavy (non-hydrogen) atoms. The normalized spacial score (nSPS) is 17.2. The molecule has 1 aromatic rings. The van der Waals surface area contributed by atoms with Crippen LogP contribution < -0.4 is 14.8 Å². The number of benzene rings is 1. The van der Waals surface area contributed by atoms with Crippen LogP contribution >= 0.6 is 0 Å². The van der Waals surface area contributed by atoms with E-state index in [0.717, 1.165) is 25.9 Å². The molecule has 0 spiro atoms. The summed E-state index contributed by atoms with van der Waals surface area (Å²) >= 11 is 0. The van der Waals surface area contributed by atoms with Gasteiger partial charge in [0.05, 0.1) is 13.2 Å². The third-order valence-corrected chi connectivity index (χ3v) is 4.90. The molecule has 1 atom stereocenters. The van der Waals surface area contributed by atoms with Crippen molar-refractivity contribution in [3.63, 3.8) is 0 Å². The second-order valence-corrected chi connectivity index (χ2v) is 7.08. The van der Waals surface area contributed by atoms with Gasteiger partial charge in [0.1, 0.15) is 6.10 Å². The lowest BCUT2D eigenvalue weighted by atomic mass is 10.1. The van der Waals surface area contributed by atoms with E-state index in [2.05, 4.69) is 24.1 Å². The van der Waals surface area contributed by atoms with E-state index in [4.69, 9.17) is 9.47 Å². The van der Waals surface area contributed by atoms with Crippen LogP contribution in [0.2, 0.25) is 0 Å². The van der Waals surface area contributed by atoms with Crippen LogP contribution in [-0.2, 0) is 0 Å². The average molecular weight is 364 g/mol. The Morgan fingerprint density at radius 1 is 1.31 bits per heavy atom. The van der Waals surface area contributed by atoms with Crippen molar-refractivity contribution >= 4 is 5.91 Å². The summed E-state index contributed by atoms with van der Waals surface area (Å²) in [5.74, 6) is 1.00. The van der Waals surface area contributed by atoms with Crippen molar-refractivity contribution in [2.75, 3.05) is 26.7 Å². The third-order valence-electron chi connectivity index (χ3n) is 4.90.